The summed E-state index contributed by atoms with van der Waals surface area (Å²) in [4.78, 5) is 28.3. The topological polar surface area (TPSA) is 94.3 Å². The highest BCUT2D eigenvalue weighted by Gasteiger charge is 2.41. The van der Waals surface area contributed by atoms with Crippen LogP contribution in [0, 0.1) is 6.92 Å². The molecule has 1 amide bonds. The van der Waals surface area contributed by atoms with E-state index in [2.05, 4.69) is 15.5 Å². The van der Waals surface area contributed by atoms with Crippen molar-refractivity contribution in [2.45, 2.75) is 51.5 Å². The van der Waals surface area contributed by atoms with Crippen LogP contribution in [0.1, 0.15) is 61.1 Å². The lowest BCUT2D eigenvalue weighted by Crippen LogP contribution is -2.46. The molecule has 138 valence electrons. The maximum absolute atomic E-state index is 12.4. The van der Waals surface area contributed by atoms with Gasteiger partial charge in [-0.1, -0.05) is 24.9 Å². The normalized spacial score (nSPS) is 15.6. The molecule has 1 aromatic carbocycles. The lowest BCUT2D eigenvalue weighted by Gasteiger charge is -2.26. The van der Waals surface area contributed by atoms with Crippen molar-refractivity contribution in [3.05, 3.63) is 41.5 Å². The molecule has 0 bridgehead atoms. The molecule has 0 aliphatic heterocycles. The van der Waals surface area contributed by atoms with Crippen LogP contribution >= 0.6 is 0 Å². The van der Waals surface area contributed by atoms with E-state index < -0.39 is 5.54 Å². The minimum atomic E-state index is -0.574. The Hall–Kier alpha value is -2.70. The van der Waals surface area contributed by atoms with E-state index in [-0.39, 0.29) is 18.3 Å². The average Bonchev–Trinajstić information content (AvgIpc) is 3.29. The summed E-state index contributed by atoms with van der Waals surface area (Å²) in [6, 6.07) is 6.81. The van der Waals surface area contributed by atoms with E-state index in [0.717, 1.165) is 25.7 Å². The summed E-state index contributed by atoms with van der Waals surface area (Å²) in [5.74, 6) is 1.40. The Bertz CT molecular complexity index is 776. The molecule has 0 spiro atoms. The largest absolute Gasteiger partial charge is 0.484 e. The molecule has 1 N–H and O–H groups in total. The third kappa shape index (κ3) is 3.92. The smallest absolute Gasteiger partial charge is 0.258 e. The molecule has 0 saturated heterocycles. The van der Waals surface area contributed by atoms with Crippen LogP contribution in [0.4, 0.5) is 0 Å². The average molecular weight is 357 g/mol. The molecule has 3 rings (SSSR count). The van der Waals surface area contributed by atoms with Gasteiger partial charge < -0.3 is 14.6 Å². The number of carbonyl (C=O) groups excluding carboxylic acids is 2. The van der Waals surface area contributed by atoms with Gasteiger partial charge in [-0.15, -0.1) is 0 Å². The molecule has 1 aliphatic rings. The minimum Gasteiger partial charge on any atom is -0.484 e. The Kier molecular flexibility index (Phi) is 5.35. The number of aromatic nitrogens is 2. The first-order valence-electron chi connectivity index (χ1n) is 8.90. The maximum atomic E-state index is 12.4. The van der Waals surface area contributed by atoms with Gasteiger partial charge in [0.25, 0.3) is 5.91 Å². The fourth-order valence-electron chi connectivity index (χ4n) is 3.27. The van der Waals surface area contributed by atoms with E-state index in [1.807, 2.05) is 6.92 Å². The number of nitrogens with one attached hydrogen (secondary N) is 1. The van der Waals surface area contributed by atoms with Gasteiger partial charge in [0.1, 0.15) is 11.3 Å². The van der Waals surface area contributed by atoms with Crippen molar-refractivity contribution >= 4 is 11.7 Å². The molecule has 7 heteroatoms. The number of hydrogen-bond acceptors (Lipinski definition) is 6. The molecular weight excluding hydrogens is 334 g/mol. The molecule has 1 fully saturated rings. The zero-order valence-corrected chi connectivity index (χ0v) is 15.1. The third-order valence-corrected chi connectivity index (χ3v) is 4.66. The van der Waals surface area contributed by atoms with Crippen molar-refractivity contribution in [3.8, 4) is 5.75 Å². The van der Waals surface area contributed by atoms with Crippen molar-refractivity contribution < 1.29 is 18.8 Å². The fraction of sp³-hybridized carbons (Fsp3) is 0.474. The molecule has 1 aromatic heterocycles. The number of ketones is 1. The quantitative estimate of drug-likeness (QED) is 0.766. The Balaban J connectivity index is 1.60. The zero-order valence-electron chi connectivity index (χ0n) is 15.1. The SMILES string of the molecule is CCC(=O)c1ccc(OCC(=O)NC2(c3noc(C)n3)CCCC2)cc1. The van der Waals surface area contributed by atoms with Crippen LogP contribution in [0.15, 0.2) is 28.8 Å². The maximum Gasteiger partial charge on any atom is 0.258 e. The second kappa shape index (κ2) is 7.68. The first kappa shape index (κ1) is 18.1. The molecule has 0 atom stereocenters. The number of ether oxygens (including phenoxy) is 1. The highest BCUT2D eigenvalue weighted by molar-refractivity contribution is 5.95. The number of amides is 1. The van der Waals surface area contributed by atoms with Crippen LogP contribution in [-0.2, 0) is 10.3 Å². The fourth-order valence-corrected chi connectivity index (χ4v) is 3.27. The molecule has 1 saturated carbocycles. The van der Waals surface area contributed by atoms with Gasteiger partial charge in [-0.25, -0.2) is 0 Å². The van der Waals surface area contributed by atoms with Gasteiger partial charge in [-0.3, -0.25) is 9.59 Å². The van der Waals surface area contributed by atoms with Crippen molar-refractivity contribution in [1.82, 2.24) is 15.5 Å². The molecule has 1 heterocycles. The number of hydrogen-bond donors (Lipinski definition) is 1. The number of Topliss-reactive ketones (excluding diaryl/α,β-unsaturated/α-hetero) is 1. The van der Waals surface area contributed by atoms with Crippen molar-refractivity contribution in [2.24, 2.45) is 0 Å². The lowest BCUT2D eigenvalue weighted by atomic mass is 9.96. The first-order chi connectivity index (χ1) is 12.5. The predicted octanol–water partition coefficient (Wildman–Crippen LogP) is 2.94. The van der Waals surface area contributed by atoms with E-state index >= 15 is 0 Å². The van der Waals surface area contributed by atoms with Gasteiger partial charge in [-0.05, 0) is 37.1 Å². The Labute approximate surface area is 152 Å². The van der Waals surface area contributed by atoms with Crippen LogP contribution < -0.4 is 10.1 Å². The predicted molar refractivity (Wildman–Crippen MR) is 93.9 cm³/mol. The van der Waals surface area contributed by atoms with E-state index in [0.29, 0.717) is 29.4 Å². The second-order valence-corrected chi connectivity index (χ2v) is 6.56. The van der Waals surface area contributed by atoms with Gasteiger partial charge in [-0.2, -0.15) is 4.98 Å². The van der Waals surface area contributed by atoms with Gasteiger partial charge in [0.2, 0.25) is 5.89 Å². The van der Waals surface area contributed by atoms with E-state index in [4.69, 9.17) is 9.26 Å². The number of benzene rings is 1. The lowest BCUT2D eigenvalue weighted by molar-refractivity contribution is -0.125. The number of carbonyl (C=O) groups is 2. The molecule has 7 nitrogen and oxygen atoms in total. The number of aryl methyl sites for hydroxylation is 1. The van der Waals surface area contributed by atoms with Gasteiger partial charge in [0.15, 0.2) is 18.2 Å². The highest BCUT2D eigenvalue weighted by atomic mass is 16.5. The number of nitrogens with zero attached hydrogens (tertiary/aromatic N) is 2. The van der Waals surface area contributed by atoms with Crippen LogP contribution in [0.3, 0.4) is 0 Å². The van der Waals surface area contributed by atoms with E-state index in [1.54, 1.807) is 31.2 Å². The summed E-state index contributed by atoms with van der Waals surface area (Å²) in [5, 5.41) is 7.03. The minimum absolute atomic E-state index is 0.0767. The van der Waals surface area contributed by atoms with E-state index in [1.165, 1.54) is 0 Å². The monoisotopic (exact) mass is 357 g/mol. The summed E-state index contributed by atoms with van der Waals surface area (Å²) in [7, 11) is 0. The highest BCUT2D eigenvalue weighted by Crippen LogP contribution is 2.37. The molecule has 0 unspecified atom stereocenters. The molecule has 1 aliphatic carbocycles. The standard InChI is InChI=1S/C19H23N3O4/c1-3-16(23)14-6-8-15(9-7-14)25-12-17(24)21-19(10-4-5-11-19)18-20-13(2)26-22-18/h6-9H,3-5,10-12H2,1-2H3,(H,21,24). The summed E-state index contributed by atoms with van der Waals surface area (Å²) in [5.41, 5.74) is 0.0666. The summed E-state index contributed by atoms with van der Waals surface area (Å²) < 4.78 is 10.6. The van der Waals surface area contributed by atoms with Crippen molar-refractivity contribution in [1.29, 1.82) is 0 Å². The van der Waals surface area contributed by atoms with Gasteiger partial charge in [0.05, 0.1) is 0 Å². The van der Waals surface area contributed by atoms with Crippen LogP contribution in [0.5, 0.6) is 5.75 Å². The molecule has 0 radical (unpaired) electrons. The van der Waals surface area contributed by atoms with Crippen LogP contribution in [-0.4, -0.2) is 28.4 Å². The zero-order chi connectivity index (χ0) is 18.6. The third-order valence-electron chi connectivity index (χ3n) is 4.66. The van der Waals surface area contributed by atoms with Crippen LogP contribution in [0.2, 0.25) is 0 Å². The summed E-state index contributed by atoms with van der Waals surface area (Å²) in [6.45, 7) is 3.44. The molecule has 2 aromatic rings. The van der Waals surface area contributed by atoms with Crippen molar-refractivity contribution in [2.75, 3.05) is 6.61 Å². The Morgan fingerprint density at radius 2 is 1.92 bits per heavy atom. The first-order valence-corrected chi connectivity index (χ1v) is 8.90. The van der Waals surface area contributed by atoms with Gasteiger partial charge >= 0.3 is 0 Å². The van der Waals surface area contributed by atoms with E-state index in [9.17, 15) is 9.59 Å². The Morgan fingerprint density at radius 1 is 1.23 bits per heavy atom. The van der Waals surface area contributed by atoms with Gasteiger partial charge in [0, 0.05) is 18.9 Å². The van der Waals surface area contributed by atoms with Crippen LogP contribution in [0.25, 0.3) is 0 Å². The molecule has 26 heavy (non-hydrogen) atoms. The summed E-state index contributed by atoms with van der Waals surface area (Å²) >= 11 is 0. The second-order valence-electron chi connectivity index (χ2n) is 6.56. The summed E-state index contributed by atoms with van der Waals surface area (Å²) in [6.07, 6.45) is 4.03. The van der Waals surface area contributed by atoms with Crippen molar-refractivity contribution in [3.63, 3.8) is 0 Å². The number of rotatable bonds is 7. The Morgan fingerprint density at radius 3 is 2.50 bits per heavy atom. The molecular formula is C19H23N3O4.